The Labute approximate surface area is 158 Å². The number of carbonyl (C=O) groups is 2. The maximum atomic E-state index is 12.4. The quantitative estimate of drug-likeness (QED) is 0.651. The van der Waals surface area contributed by atoms with Gasteiger partial charge in [-0.2, -0.15) is 0 Å². The number of amides is 1. The average molecular weight is 387 g/mol. The van der Waals surface area contributed by atoms with E-state index in [2.05, 4.69) is 10.6 Å². The number of rotatable bonds is 7. The minimum absolute atomic E-state index is 0.353. The highest BCUT2D eigenvalue weighted by molar-refractivity contribution is 6.42. The van der Waals surface area contributed by atoms with Crippen LogP contribution in [-0.2, 0) is 9.59 Å². The van der Waals surface area contributed by atoms with Gasteiger partial charge in [0.2, 0.25) is 5.91 Å². The van der Waals surface area contributed by atoms with E-state index >= 15 is 0 Å². The SMILES string of the molecule is C[C@H](Nc1ccc(Cl)c(Cl)c1)C(=O)N[C@@H](CC1CCCCC1)C(=O)O. The van der Waals surface area contributed by atoms with Crippen LogP contribution in [0.1, 0.15) is 45.4 Å². The molecule has 1 aliphatic carbocycles. The molecule has 1 saturated carbocycles. The minimum atomic E-state index is -0.985. The number of carbonyl (C=O) groups excluding carboxylic acids is 1. The third-order valence-corrected chi connectivity index (χ3v) is 5.34. The lowest BCUT2D eigenvalue weighted by atomic mass is 9.85. The summed E-state index contributed by atoms with van der Waals surface area (Å²) in [6.45, 7) is 1.68. The predicted molar refractivity (Wildman–Crippen MR) is 100 cm³/mol. The first-order valence-electron chi connectivity index (χ1n) is 8.61. The third kappa shape index (κ3) is 6.08. The molecule has 1 amide bonds. The first kappa shape index (κ1) is 19.9. The van der Waals surface area contributed by atoms with Crippen LogP contribution in [0.4, 0.5) is 5.69 Å². The van der Waals surface area contributed by atoms with E-state index in [0.29, 0.717) is 28.1 Å². The van der Waals surface area contributed by atoms with Gasteiger partial charge in [-0.25, -0.2) is 4.79 Å². The summed E-state index contributed by atoms with van der Waals surface area (Å²) in [5.74, 6) is -0.969. The van der Waals surface area contributed by atoms with Crippen LogP contribution in [0, 0.1) is 5.92 Å². The Balaban J connectivity index is 1.92. The topological polar surface area (TPSA) is 78.4 Å². The molecule has 138 valence electrons. The Morgan fingerprint density at radius 3 is 2.48 bits per heavy atom. The summed E-state index contributed by atoms with van der Waals surface area (Å²) in [7, 11) is 0. The summed E-state index contributed by atoms with van der Waals surface area (Å²) < 4.78 is 0. The molecule has 0 aliphatic heterocycles. The van der Waals surface area contributed by atoms with Crippen molar-refractivity contribution in [3.05, 3.63) is 28.2 Å². The predicted octanol–water partition coefficient (Wildman–Crippen LogP) is 4.33. The van der Waals surface area contributed by atoms with Crippen molar-refractivity contribution in [2.45, 2.75) is 57.5 Å². The molecule has 5 nitrogen and oxygen atoms in total. The number of nitrogens with one attached hydrogen (secondary N) is 2. The lowest BCUT2D eigenvalue weighted by Gasteiger charge is -2.26. The molecule has 0 saturated heterocycles. The van der Waals surface area contributed by atoms with Gasteiger partial charge in [0.1, 0.15) is 12.1 Å². The Morgan fingerprint density at radius 2 is 1.88 bits per heavy atom. The zero-order chi connectivity index (χ0) is 18.4. The fourth-order valence-electron chi connectivity index (χ4n) is 3.18. The van der Waals surface area contributed by atoms with Crippen molar-refractivity contribution < 1.29 is 14.7 Å². The molecule has 0 bridgehead atoms. The van der Waals surface area contributed by atoms with Gasteiger partial charge in [-0.1, -0.05) is 55.3 Å². The number of carboxylic acid groups (broad SMARTS) is 1. The van der Waals surface area contributed by atoms with Crippen LogP contribution in [0.5, 0.6) is 0 Å². The maximum absolute atomic E-state index is 12.4. The lowest BCUT2D eigenvalue weighted by Crippen LogP contribution is -2.47. The number of aliphatic carboxylic acids is 1. The second-order valence-electron chi connectivity index (χ2n) is 6.63. The second kappa shape index (κ2) is 9.30. The van der Waals surface area contributed by atoms with E-state index in [1.807, 2.05) is 0 Å². The van der Waals surface area contributed by atoms with E-state index in [4.69, 9.17) is 23.2 Å². The van der Waals surface area contributed by atoms with Crippen molar-refractivity contribution in [2.75, 3.05) is 5.32 Å². The summed E-state index contributed by atoms with van der Waals surface area (Å²) in [4.78, 5) is 23.9. The molecule has 0 unspecified atom stereocenters. The van der Waals surface area contributed by atoms with Crippen molar-refractivity contribution in [1.29, 1.82) is 0 Å². The Kier molecular flexibility index (Phi) is 7.38. The van der Waals surface area contributed by atoms with Crippen molar-refractivity contribution >= 4 is 40.8 Å². The highest BCUT2D eigenvalue weighted by Gasteiger charge is 2.27. The molecule has 0 heterocycles. The Hall–Kier alpha value is -1.46. The summed E-state index contributed by atoms with van der Waals surface area (Å²) in [6.07, 6.45) is 6.06. The number of halogens is 2. The van der Waals surface area contributed by atoms with Crippen LogP contribution >= 0.6 is 23.2 Å². The highest BCUT2D eigenvalue weighted by Crippen LogP contribution is 2.28. The molecular weight excluding hydrogens is 363 g/mol. The molecule has 0 radical (unpaired) electrons. The van der Waals surface area contributed by atoms with Crippen molar-refractivity contribution in [3.63, 3.8) is 0 Å². The molecular formula is C18H24Cl2N2O3. The summed E-state index contributed by atoms with van der Waals surface area (Å²) in [6, 6.07) is 3.54. The summed E-state index contributed by atoms with van der Waals surface area (Å²) in [5, 5.41) is 15.9. The highest BCUT2D eigenvalue weighted by atomic mass is 35.5. The lowest BCUT2D eigenvalue weighted by molar-refractivity contribution is -0.142. The van der Waals surface area contributed by atoms with Gasteiger partial charge >= 0.3 is 5.97 Å². The van der Waals surface area contributed by atoms with Gasteiger partial charge in [-0.15, -0.1) is 0 Å². The molecule has 3 N–H and O–H groups in total. The second-order valence-corrected chi connectivity index (χ2v) is 7.45. The first-order chi connectivity index (χ1) is 11.9. The number of hydrogen-bond acceptors (Lipinski definition) is 3. The number of anilines is 1. The van der Waals surface area contributed by atoms with Gasteiger partial charge in [-0.05, 0) is 37.5 Å². The molecule has 7 heteroatoms. The van der Waals surface area contributed by atoms with Gasteiger partial charge in [0.05, 0.1) is 10.0 Å². The van der Waals surface area contributed by atoms with E-state index in [9.17, 15) is 14.7 Å². The Bertz CT molecular complexity index is 618. The first-order valence-corrected chi connectivity index (χ1v) is 9.37. The van der Waals surface area contributed by atoms with Crippen molar-refractivity contribution in [1.82, 2.24) is 5.32 Å². The minimum Gasteiger partial charge on any atom is -0.480 e. The number of carboxylic acids is 1. The Morgan fingerprint density at radius 1 is 1.20 bits per heavy atom. The molecule has 1 aromatic rings. The zero-order valence-electron chi connectivity index (χ0n) is 14.2. The zero-order valence-corrected chi connectivity index (χ0v) is 15.7. The fraction of sp³-hybridized carbons (Fsp3) is 0.556. The molecule has 2 rings (SSSR count). The monoisotopic (exact) mass is 386 g/mol. The van der Waals surface area contributed by atoms with E-state index < -0.39 is 18.1 Å². The fourth-order valence-corrected chi connectivity index (χ4v) is 3.47. The van der Waals surface area contributed by atoms with Crippen LogP contribution in [0.3, 0.4) is 0 Å². The van der Waals surface area contributed by atoms with Crippen LogP contribution in [-0.4, -0.2) is 29.1 Å². The molecule has 1 fully saturated rings. The average Bonchev–Trinajstić information content (AvgIpc) is 2.58. The van der Waals surface area contributed by atoms with Crippen LogP contribution in [0.15, 0.2) is 18.2 Å². The molecule has 0 spiro atoms. The van der Waals surface area contributed by atoms with E-state index in [-0.39, 0.29) is 5.91 Å². The molecule has 2 atom stereocenters. The largest absolute Gasteiger partial charge is 0.480 e. The molecule has 1 aliphatic rings. The smallest absolute Gasteiger partial charge is 0.326 e. The van der Waals surface area contributed by atoms with Gasteiger partial charge < -0.3 is 15.7 Å². The standard InChI is InChI=1S/C18H24Cl2N2O3/c1-11(21-13-7-8-14(19)15(20)10-13)17(23)22-16(18(24)25)9-12-5-3-2-4-6-12/h7-8,10-12,16,21H,2-6,9H2,1H3,(H,22,23)(H,24,25)/t11-,16-/m0/s1. The van der Waals surface area contributed by atoms with Gasteiger partial charge in [0, 0.05) is 5.69 Å². The van der Waals surface area contributed by atoms with Gasteiger partial charge in [0.25, 0.3) is 0 Å². The molecule has 25 heavy (non-hydrogen) atoms. The maximum Gasteiger partial charge on any atom is 0.326 e. The molecule has 0 aromatic heterocycles. The number of benzene rings is 1. The molecule has 1 aromatic carbocycles. The van der Waals surface area contributed by atoms with Crippen LogP contribution < -0.4 is 10.6 Å². The van der Waals surface area contributed by atoms with Crippen LogP contribution in [0.2, 0.25) is 10.0 Å². The van der Waals surface area contributed by atoms with Crippen LogP contribution in [0.25, 0.3) is 0 Å². The van der Waals surface area contributed by atoms with Gasteiger partial charge in [0.15, 0.2) is 0 Å². The number of hydrogen-bond donors (Lipinski definition) is 3. The van der Waals surface area contributed by atoms with E-state index in [1.54, 1.807) is 25.1 Å². The van der Waals surface area contributed by atoms with Crippen molar-refractivity contribution in [3.8, 4) is 0 Å². The van der Waals surface area contributed by atoms with E-state index in [1.165, 1.54) is 6.42 Å². The third-order valence-electron chi connectivity index (χ3n) is 4.60. The van der Waals surface area contributed by atoms with Gasteiger partial charge in [-0.3, -0.25) is 4.79 Å². The summed E-state index contributed by atoms with van der Waals surface area (Å²) in [5.41, 5.74) is 0.649. The summed E-state index contributed by atoms with van der Waals surface area (Å²) >= 11 is 11.8. The van der Waals surface area contributed by atoms with Crippen molar-refractivity contribution in [2.24, 2.45) is 5.92 Å². The normalized spacial score (nSPS) is 17.6. The van der Waals surface area contributed by atoms with E-state index in [0.717, 1.165) is 25.7 Å².